The molecule has 3 N–H and O–H groups in total. The van der Waals surface area contributed by atoms with Gasteiger partial charge in [-0.2, -0.15) is 0 Å². The second kappa shape index (κ2) is 7.61. The molecule has 1 aromatic carbocycles. The Morgan fingerprint density at radius 3 is 2.28 bits per heavy atom. The van der Waals surface area contributed by atoms with E-state index in [0.29, 0.717) is 5.82 Å². The quantitative estimate of drug-likeness (QED) is 0.629. The van der Waals surface area contributed by atoms with Crippen molar-refractivity contribution in [2.45, 2.75) is 19.9 Å². The molecule has 128 valence electrons. The fourth-order valence-electron chi connectivity index (χ4n) is 2.36. The lowest BCUT2D eigenvalue weighted by Gasteiger charge is -2.13. The second-order valence-electron chi connectivity index (χ2n) is 5.91. The topological polar surface area (TPSA) is 74.8 Å². The third-order valence-corrected chi connectivity index (χ3v) is 3.44. The minimum absolute atomic E-state index is 0.268. The molecule has 0 aliphatic heterocycles. The Kier molecular flexibility index (Phi) is 5.09. The van der Waals surface area contributed by atoms with Crippen LogP contribution in [0.25, 0.3) is 11.5 Å². The van der Waals surface area contributed by atoms with Gasteiger partial charge in [-0.05, 0) is 38.1 Å². The Labute approximate surface area is 147 Å². The third kappa shape index (κ3) is 4.44. The number of benzene rings is 1. The lowest BCUT2D eigenvalue weighted by Crippen LogP contribution is -2.12. The summed E-state index contributed by atoms with van der Waals surface area (Å²) >= 11 is 0. The standard InChI is InChI=1S/C19H22N6/c1-13(2)21-17-12-18(22-14-8-5-4-6-9-14)25-19(24-17)15-10-7-11-16(20-3)23-15/h4-13H,1-3H3,(H,20,23)(H2,21,22,24,25). The van der Waals surface area contributed by atoms with E-state index in [1.54, 1.807) is 0 Å². The molecule has 0 aliphatic carbocycles. The van der Waals surface area contributed by atoms with Gasteiger partial charge in [0.15, 0.2) is 5.82 Å². The van der Waals surface area contributed by atoms with Gasteiger partial charge in [-0.25, -0.2) is 15.0 Å². The zero-order chi connectivity index (χ0) is 17.6. The Morgan fingerprint density at radius 1 is 0.800 bits per heavy atom. The summed E-state index contributed by atoms with van der Waals surface area (Å²) in [6.45, 7) is 4.15. The molecule has 0 spiro atoms. The van der Waals surface area contributed by atoms with E-state index >= 15 is 0 Å². The highest BCUT2D eigenvalue weighted by Crippen LogP contribution is 2.22. The molecule has 0 amide bonds. The minimum atomic E-state index is 0.268. The molecule has 0 saturated carbocycles. The van der Waals surface area contributed by atoms with E-state index in [-0.39, 0.29) is 6.04 Å². The van der Waals surface area contributed by atoms with Gasteiger partial charge >= 0.3 is 0 Å². The molecule has 0 bridgehead atoms. The van der Waals surface area contributed by atoms with Crippen LogP contribution in [0.2, 0.25) is 0 Å². The van der Waals surface area contributed by atoms with Crippen molar-refractivity contribution in [1.29, 1.82) is 0 Å². The number of pyridine rings is 1. The predicted molar refractivity (Wildman–Crippen MR) is 103 cm³/mol. The summed E-state index contributed by atoms with van der Waals surface area (Å²) in [5.74, 6) is 2.83. The first kappa shape index (κ1) is 16.7. The molecular formula is C19H22N6. The number of rotatable bonds is 6. The Bertz CT molecular complexity index is 832. The van der Waals surface area contributed by atoms with E-state index in [4.69, 9.17) is 0 Å². The molecule has 3 aromatic rings. The maximum absolute atomic E-state index is 4.63. The second-order valence-corrected chi connectivity index (χ2v) is 5.91. The summed E-state index contributed by atoms with van der Waals surface area (Å²) in [4.78, 5) is 13.8. The number of hydrogen-bond acceptors (Lipinski definition) is 6. The predicted octanol–water partition coefficient (Wildman–Crippen LogP) is 4.14. The van der Waals surface area contributed by atoms with Gasteiger partial charge in [-0.15, -0.1) is 0 Å². The highest BCUT2D eigenvalue weighted by molar-refractivity contribution is 5.64. The number of anilines is 4. The average molecular weight is 334 g/mol. The zero-order valence-corrected chi connectivity index (χ0v) is 14.6. The van der Waals surface area contributed by atoms with Crippen LogP contribution < -0.4 is 16.0 Å². The van der Waals surface area contributed by atoms with Crippen LogP contribution in [0.4, 0.5) is 23.1 Å². The summed E-state index contributed by atoms with van der Waals surface area (Å²) in [5.41, 5.74) is 1.69. The Hall–Kier alpha value is -3.15. The van der Waals surface area contributed by atoms with E-state index in [9.17, 15) is 0 Å². The van der Waals surface area contributed by atoms with Gasteiger partial charge in [0.05, 0.1) is 0 Å². The van der Waals surface area contributed by atoms with E-state index in [0.717, 1.165) is 28.8 Å². The molecule has 0 unspecified atom stereocenters. The zero-order valence-electron chi connectivity index (χ0n) is 14.6. The molecule has 6 nitrogen and oxygen atoms in total. The van der Waals surface area contributed by atoms with Crippen LogP contribution in [-0.4, -0.2) is 28.0 Å². The molecule has 2 aromatic heterocycles. The van der Waals surface area contributed by atoms with Crippen LogP contribution in [0.5, 0.6) is 0 Å². The largest absolute Gasteiger partial charge is 0.373 e. The molecule has 6 heteroatoms. The fraction of sp³-hybridized carbons (Fsp3) is 0.211. The van der Waals surface area contributed by atoms with Crippen LogP contribution in [0.15, 0.2) is 54.6 Å². The summed E-state index contributed by atoms with van der Waals surface area (Å²) in [5, 5.41) is 9.70. The maximum atomic E-state index is 4.63. The summed E-state index contributed by atoms with van der Waals surface area (Å²) in [6.07, 6.45) is 0. The Balaban J connectivity index is 2.00. The first-order chi connectivity index (χ1) is 12.1. The van der Waals surface area contributed by atoms with Gasteiger partial charge in [0, 0.05) is 24.8 Å². The molecule has 0 saturated heterocycles. The van der Waals surface area contributed by atoms with Crippen LogP contribution in [0.3, 0.4) is 0 Å². The first-order valence-electron chi connectivity index (χ1n) is 8.27. The lowest BCUT2D eigenvalue weighted by molar-refractivity contribution is 0.887. The van der Waals surface area contributed by atoms with Gasteiger partial charge in [0.25, 0.3) is 0 Å². The molecule has 3 rings (SSSR count). The third-order valence-electron chi connectivity index (χ3n) is 3.44. The highest BCUT2D eigenvalue weighted by atomic mass is 15.1. The van der Waals surface area contributed by atoms with Crippen molar-refractivity contribution in [2.75, 3.05) is 23.0 Å². The number of nitrogens with one attached hydrogen (secondary N) is 3. The molecule has 0 aliphatic rings. The van der Waals surface area contributed by atoms with Crippen molar-refractivity contribution in [3.8, 4) is 11.5 Å². The van der Waals surface area contributed by atoms with Gasteiger partial charge in [0.1, 0.15) is 23.1 Å². The molecular weight excluding hydrogens is 312 g/mol. The van der Waals surface area contributed by atoms with E-state index in [2.05, 4.69) is 44.7 Å². The first-order valence-corrected chi connectivity index (χ1v) is 8.27. The minimum Gasteiger partial charge on any atom is -0.373 e. The van der Waals surface area contributed by atoms with Crippen molar-refractivity contribution in [2.24, 2.45) is 0 Å². The summed E-state index contributed by atoms with van der Waals surface area (Å²) < 4.78 is 0. The van der Waals surface area contributed by atoms with Crippen LogP contribution >= 0.6 is 0 Å². The normalized spacial score (nSPS) is 10.6. The monoisotopic (exact) mass is 334 g/mol. The van der Waals surface area contributed by atoms with E-state index in [1.165, 1.54) is 0 Å². The van der Waals surface area contributed by atoms with Gasteiger partial charge in [0.2, 0.25) is 0 Å². The smallest absolute Gasteiger partial charge is 0.182 e. The summed E-state index contributed by atoms with van der Waals surface area (Å²) in [6, 6.07) is 17.9. The molecule has 2 heterocycles. The maximum Gasteiger partial charge on any atom is 0.182 e. The molecule has 25 heavy (non-hydrogen) atoms. The van der Waals surface area contributed by atoms with E-state index in [1.807, 2.05) is 61.6 Å². The van der Waals surface area contributed by atoms with Crippen LogP contribution in [0.1, 0.15) is 13.8 Å². The lowest BCUT2D eigenvalue weighted by atomic mass is 10.3. The van der Waals surface area contributed by atoms with Gasteiger partial charge < -0.3 is 16.0 Å². The van der Waals surface area contributed by atoms with Crippen molar-refractivity contribution < 1.29 is 0 Å². The van der Waals surface area contributed by atoms with Crippen molar-refractivity contribution in [1.82, 2.24) is 15.0 Å². The Morgan fingerprint density at radius 2 is 1.56 bits per heavy atom. The molecule has 0 radical (unpaired) electrons. The number of nitrogens with zero attached hydrogens (tertiary/aromatic N) is 3. The van der Waals surface area contributed by atoms with Crippen molar-refractivity contribution in [3.05, 3.63) is 54.6 Å². The number of aromatic nitrogens is 3. The van der Waals surface area contributed by atoms with Gasteiger partial charge in [-0.3, -0.25) is 0 Å². The van der Waals surface area contributed by atoms with Crippen molar-refractivity contribution >= 4 is 23.1 Å². The van der Waals surface area contributed by atoms with E-state index < -0.39 is 0 Å². The van der Waals surface area contributed by atoms with Crippen LogP contribution in [0, 0.1) is 0 Å². The summed E-state index contributed by atoms with van der Waals surface area (Å²) in [7, 11) is 1.84. The van der Waals surface area contributed by atoms with Crippen molar-refractivity contribution in [3.63, 3.8) is 0 Å². The number of hydrogen-bond donors (Lipinski definition) is 3. The van der Waals surface area contributed by atoms with Crippen LogP contribution in [-0.2, 0) is 0 Å². The fourth-order valence-corrected chi connectivity index (χ4v) is 2.36. The molecule has 0 fully saturated rings. The van der Waals surface area contributed by atoms with Gasteiger partial charge in [-0.1, -0.05) is 24.3 Å². The highest BCUT2D eigenvalue weighted by Gasteiger charge is 2.10. The SMILES string of the molecule is CNc1cccc(-c2nc(Nc3ccccc3)cc(NC(C)C)n2)n1. The number of para-hydroxylation sites is 1. The average Bonchev–Trinajstić information content (AvgIpc) is 2.62. The molecule has 0 atom stereocenters.